The highest BCUT2D eigenvalue weighted by Gasteiger charge is 2.12. The van der Waals surface area contributed by atoms with E-state index in [9.17, 15) is 4.79 Å². The summed E-state index contributed by atoms with van der Waals surface area (Å²) >= 11 is 0. The van der Waals surface area contributed by atoms with Gasteiger partial charge in [-0.2, -0.15) is 5.10 Å². The molecule has 1 unspecified atom stereocenters. The number of carbonyl (C=O) groups excluding carboxylic acids is 1. The highest BCUT2D eigenvalue weighted by molar-refractivity contribution is 14.0. The Morgan fingerprint density at radius 1 is 1.30 bits per heavy atom. The third kappa shape index (κ3) is 7.58. The molecule has 0 amide bonds. The maximum absolute atomic E-state index is 11.5. The number of benzene rings is 1. The number of carbonyl (C=O) groups is 1. The number of aliphatic imine (C=N–C) groups is 1. The summed E-state index contributed by atoms with van der Waals surface area (Å²) in [5.74, 6) is 0.198. The van der Waals surface area contributed by atoms with Gasteiger partial charge in [0.1, 0.15) is 0 Å². The zero-order chi connectivity index (χ0) is 18.8. The van der Waals surface area contributed by atoms with Crippen LogP contribution < -0.4 is 10.6 Å². The molecule has 1 aromatic carbocycles. The van der Waals surface area contributed by atoms with E-state index in [1.54, 1.807) is 13.1 Å². The second-order valence-electron chi connectivity index (χ2n) is 5.94. The summed E-state index contributed by atoms with van der Waals surface area (Å²) in [4.78, 5) is 15.9. The zero-order valence-corrected chi connectivity index (χ0v) is 18.3. The van der Waals surface area contributed by atoms with Gasteiger partial charge in [0.25, 0.3) is 0 Å². The van der Waals surface area contributed by atoms with Crippen LogP contribution in [-0.2, 0) is 16.0 Å². The Morgan fingerprint density at radius 2 is 2.04 bits per heavy atom. The second-order valence-corrected chi connectivity index (χ2v) is 5.94. The van der Waals surface area contributed by atoms with Crippen LogP contribution in [0.1, 0.15) is 19.4 Å². The van der Waals surface area contributed by atoms with Crippen molar-refractivity contribution in [3.05, 3.63) is 48.3 Å². The molecule has 2 rings (SSSR count). The highest BCUT2D eigenvalue weighted by atomic mass is 127. The zero-order valence-electron chi connectivity index (χ0n) is 16.0. The van der Waals surface area contributed by atoms with Crippen LogP contribution in [0.15, 0.2) is 47.7 Å². The third-order valence-corrected chi connectivity index (χ3v) is 3.88. The summed E-state index contributed by atoms with van der Waals surface area (Å²) < 4.78 is 6.56. The molecule has 2 N–H and O–H groups in total. The molecule has 0 aliphatic heterocycles. The fourth-order valence-electron chi connectivity index (χ4n) is 2.41. The number of esters is 1. The van der Waals surface area contributed by atoms with Crippen LogP contribution in [0.3, 0.4) is 0 Å². The minimum atomic E-state index is -0.259. The molecule has 1 aromatic heterocycles. The first-order valence-corrected chi connectivity index (χ1v) is 8.83. The lowest BCUT2D eigenvalue weighted by Crippen LogP contribution is -2.38. The molecule has 0 saturated carbocycles. The van der Waals surface area contributed by atoms with E-state index in [1.165, 1.54) is 12.7 Å². The standard InChI is InChI=1S/C19H27N5O2.HI/c1-4-20-19(22-14-15(2)18(25)26-3)21-12-10-16-6-8-17(9-7-16)24-13-5-11-23-24;/h5-9,11,13,15H,4,10,12,14H2,1-3H3,(H2,20,21,22);1H. The van der Waals surface area contributed by atoms with Gasteiger partial charge in [0.2, 0.25) is 0 Å². The maximum atomic E-state index is 11.5. The fraction of sp³-hybridized carbons (Fsp3) is 0.421. The number of methoxy groups -OCH3 is 1. The number of hydrogen-bond acceptors (Lipinski definition) is 4. The highest BCUT2D eigenvalue weighted by Crippen LogP contribution is 2.08. The van der Waals surface area contributed by atoms with E-state index in [2.05, 4.69) is 45.0 Å². The number of rotatable bonds is 8. The van der Waals surface area contributed by atoms with Gasteiger partial charge in [0.15, 0.2) is 5.96 Å². The number of guanidine groups is 1. The van der Waals surface area contributed by atoms with Crippen LogP contribution in [0.5, 0.6) is 0 Å². The molecule has 8 heteroatoms. The van der Waals surface area contributed by atoms with Gasteiger partial charge in [-0.15, -0.1) is 24.0 Å². The van der Waals surface area contributed by atoms with Crippen LogP contribution in [-0.4, -0.2) is 48.5 Å². The SMILES string of the molecule is CCNC(=NCC(C)C(=O)OC)NCCc1ccc(-n2cccn2)cc1.I. The van der Waals surface area contributed by atoms with Crippen molar-refractivity contribution in [3.8, 4) is 5.69 Å². The van der Waals surface area contributed by atoms with Crippen LogP contribution in [0.25, 0.3) is 5.69 Å². The smallest absolute Gasteiger partial charge is 0.310 e. The van der Waals surface area contributed by atoms with Crippen LogP contribution in [0.4, 0.5) is 0 Å². The number of nitrogens with zero attached hydrogens (tertiary/aromatic N) is 3. The lowest BCUT2D eigenvalue weighted by Gasteiger charge is -2.13. The van der Waals surface area contributed by atoms with E-state index in [0.29, 0.717) is 12.5 Å². The van der Waals surface area contributed by atoms with Crippen LogP contribution >= 0.6 is 24.0 Å². The molecule has 0 radical (unpaired) electrons. The molecule has 0 fully saturated rings. The molecule has 0 spiro atoms. The summed E-state index contributed by atoms with van der Waals surface area (Å²) in [5, 5.41) is 10.7. The lowest BCUT2D eigenvalue weighted by molar-refractivity contribution is -0.144. The molecule has 27 heavy (non-hydrogen) atoms. The molecule has 1 atom stereocenters. The van der Waals surface area contributed by atoms with E-state index >= 15 is 0 Å². The molecule has 0 bridgehead atoms. The lowest BCUT2D eigenvalue weighted by atomic mass is 10.1. The Labute approximate surface area is 177 Å². The predicted molar refractivity (Wildman–Crippen MR) is 118 cm³/mol. The molecular formula is C19H28IN5O2. The second kappa shape index (κ2) is 12.3. The molecule has 1 heterocycles. The van der Waals surface area contributed by atoms with Gasteiger partial charge in [-0.1, -0.05) is 19.1 Å². The Hall–Kier alpha value is -2.10. The third-order valence-electron chi connectivity index (χ3n) is 3.88. The van der Waals surface area contributed by atoms with Gasteiger partial charge in [0, 0.05) is 25.5 Å². The van der Waals surface area contributed by atoms with Crippen LogP contribution in [0, 0.1) is 5.92 Å². The van der Waals surface area contributed by atoms with Gasteiger partial charge < -0.3 is 15.4 Å². The Morgan fingerprint density at radius 3 is 2.63 bits per heavy atom. The summed E-state index contributed by atoms with van der Waals surface area (Å²) in [6, 6.07) is 10.2. The molecule has 2 aromatic rings. The fourth-order valence-corrected chi connectivity index (χ4v) is 2.41. The Kier molecular flexibility index (Phi) is 10.5. The van der Waals surface area contributed by atoms with Crippen molar-refractivity contribution in [3.63, 3.8) is 0 Å². The normalized spacial score (nSPS) is 12.0. The number of aromatic nitrogens is 2. The molecule has 0 aliphatic rings. The van der Waals surface area contributed by atoms with E-state index in [-0.39, 0.29) is 35.9 Å². The maximum Gasteiger partial charge on any atom is 0.310 e. The van der Waals surface area contributed by atoms with E-state index < -0.39 is 0 Å². The quantitative estimate of drug-likeness (QED) is 0.260. The molecule has 0 aliphatic carbocycles. The average molecular weight is 485 g/mol. The Bertz CT molecular complexity index is 701. The first-order valence-electron chi connectivity index (χ1n) is 8.83. The minimum Gasteiger partial charge on any atom is -0.469 e. The molecule has 0 saturated heterocycles. The molecule has 7 nitrogen and oxygen atoms in total. The van der Waals surface area contributed by atoms with Gasteiger partial charge in [0.05, 0.1) is 25.3 Å². The van der Waals surface area contributed by atoms with Crippen molar-refractivity contribution in [2.45, 2.75) is 20.3 Å². The summed E-state index contributed by atoms with van der Waals surface area (Å²) in [7, 11) is 1.39. The first-order chi connectivity index (χ1) is 12.6. The summed E-state index contributed by atoms with van der Waals surface area (Å²) in [6.07, 6.45) is 4.56. The van der Waals surface area contributed by atoms with Gasteiger partial charge >= 0.3 is 5.97 Å². The van der Waals surface area contributed by atoms with Crippen molar-refractivity contribution >= 4 is 35.9 Å². The van der Waals surface area contributed by atoms with Crippen molar-refractivity contribution in [2.75, 3.05) is 26.7 Å². The summed E-state index contributed by atoms with van der Waals surface area (Å²) in [6.45, 7) is 5.71. The number of ether oxygens (including phenoxy) is 1. The largest absolute Gasteiger partial charge is 0.469 e. The van der Waals surface area contributed by atoms with E-state index in [0.717, 1.165) is 25.2 Å². The van der Waals surface area contributed by atoms with E-state index in [4.69, 9.17) is 4.74 Å². The Balaban J connectivity index is 0.00000364. The molecule has 148 valence electrons. The monoisotopic (exact) mass is 485 g/mol. The first kappa shape index (κ1) is 22.9. The van der Waals surface area contributed by atoms with E-state index in [1.807, 2.05) is 23.9 Å². The van der Waals surface area contributed by atoms with Crippen molar-refractivity contribution < 1.29 is 9.53 Å². The van der Waals surface area contributed by atoms with Crippen LogP contribution in [0.2, 0.25) is 0 Å². The van der Waals surface area contributed by atoms with Gasteiger partial charge in [-0.25, -0.2) is 4.68 Å². The number of nitrogens with one attached hydrogen (secondary N) is 2. The topological polar surface area (TPSA) is 80.5 Å². The van der Waals surface area contributed by atoms with Gasteiger partial charge in [-0.05, 0) is 37.1 Å². The number of halogens is 1. The van der Waals surface area contributed by atoms with Crippen molar-refractivity contribution in [2.24, 2.45) is 10.9 Å². The minimum absolute atomic E-state index is 0. The summed E-state index contributed by atoms with van der Waals surface area (Å²) in [5.41, 5.74) is 2.27. The number of hydrogen-bond donors (Lipinski definition) is 2. The predicted octanol–water partition coefficient (Wildman–Crippen LogP) is 2.40. The van der Waals surface area contributed by atoms with Crippen molar-refractivity contribution in [1.82, 2.24) is 20.4 Å². The molecular weight excluding hydrogens is 457 g/mol. The van der Waals surface area contributed by atoms with Crippen molar-refractivity contribution in [1.29, 1.82) is 0 Å². The van der Waals surface area contributed by atoms with Gasteiger partial charge in [-0.3, -0.25) is 9.79 Å². The average Bonchev–Trinajstić information content (AvgIpc) is 3.20.